The van der Waals surface area contributed by atoms with Crippen molar-refractivity contribution < 1.29 is 22.8 Å². The lowest BCUT2D eigenvalue weighted by Crippen LogP contribution is -2.38. The van der Waals surface area contributed by atoms with Crippen molar-refractivity contribution in [2.45, 2.75) is 37.8 Å². The molecule has 132 valence electrons. The molecule has 1 saturated carbocycles. The second kappa shape index (κ2) is 6.45. The summed E-state index contributed by atoms with van der Waals surface area (Å²) >= 11 is 0. The van der Waals surface area contributed by atoms with Crippen LogP contribution in [0.2, 0.25) is 0 Å². The zero-order chi connectivity index (χ0) is 17.3. The number of rotatable bonds is 4. The van der Waals surface area contributed by atoms with Gasteiger partial charge in [-0.3, -0.25) is 14.7 Å². The molecule has 0 aromatic carbocycles. The van der Waals surface area contributed by atoms with E-state index in [-0.39, 0.29) is 23.4 Å². The minimum Gasteiger partial charge on any atom is -0.342 e. The number of hydrogen-bond acceptors (Lipinski definition) is 3. The molecule has 6 nitrogen and oxygen atoms in total. The van der Waals surface area contributed by atoms with Crippen LogP contribution in [-0.4, -0.2) is 52.7 Å². The first-order chi connectivity index (χ1) is 11.3. The molecule has 0 unspecified atom stereocenters. The van der Waals surface area contributed by atoms with Gasteiger partial charge in [-0.25, -0.2) is 0 Å². The molecule has 1 aromatic heterocycles. The Morgan fingerprint density at radius 3 is 2.50 bits per heavy atom. The van der Waals surface area contributed by atoms with Crippen molar-refractivity contribution in [2.75, 3.05) is 19.6 Å². The average Bonchev–Trinajstić information content (AvgIpc) is 3.28. The maximum absolute atomic E-state index is 12.1. The molecule has 9 heteroatoms. The number of carbonyl (C=O) groups excluding carboxylic acids is 2. The Hall–Kier alpha value is -2.06. The molecule has 3 rings (SSSR count). The second-order valence-corrected chi connectivity index (χ2v) is 6.38. The van der Waals surface area contributed by atoms with Gasteiger partial charge in [-0.05, 0) is 31.7 Å². The Morgan fingerprint density at radius 1 is 1.25 bits per heavy atom. The van der Waals surface area contributed by atoms with E-state index in [0.717, 1.165) is 31.4 Å². The van der Waals surface area contributed by atoms with E-state index >= 15 is 0 Å². The summed E-state index contributed by atoms with van der Waals surface area (Å²) in [5.74, 6) is -0.288. The van der Waals surface area contributed by atoms with Gasteiger partial charge in [0.15, 0.2) is 0 Å². The number of H-pyrrole nitrogens is 1. The zero-order valence-corrected chi connectivity index (χ0v) is 13.0. The van der Waals surface area contributed by atoms with Crippen LogP contribution in [0.5, 0.6) is 0 Å². The van der Waals surface area contributed by atoms with Crippen molar-refractivity contribution in [1.82, 2.24) is 20.4 Å². The van der Waals surface area contributed by atoms with E-state index in [1.807, 2.05) is 4.90 Å². The van der Waals surface area contributed by atoms with Crippen molar-refractivity contribution in [1.29, 1.82) is 0 Å². The fourth-order valence-electron chi connectivity index (χ4n) is 2.93. The van der Waals surface area contributed by atoms with Gasteiger partial charge in [0.05, 0.1) is 0 Å². The summed E-state index contributed by atoms with van der Waals surface area (Å²) in [6.45, 7) is -0.0566. The van der Waals surface area contributed by atoms with Crippen molar-refractivity contribution in [2.24, 2.45) is 5.92 Å². The minimum atomic E-state index is -4.45. The van der Waals surface area contributed by atoms with E-state index in [2.05, 4.69) is 10.2 Å². The number of alkyl halides is 3. The Kier molecular flexibility index (Phi) is 4.51. The quantitative estimate of drug-likeness (QED) is 0.875. The van der Waals surface area contributed by atoms with Crippen LogP contribution in [0.25, 0.3) is 0 Å². The lowest BCUT2D eigenvalue weighted by molar-refractivity contribution is -0.133. The molecule has 1 saturated heterocycles. The highest BCUT2D eigenvalue weighted by atomic mass is 19.4. The number of nitrogens with one attached hydrogen (secondary N) is 2. The topological polar surface area (TPSA) is 78.1 Å². The van der Waals surface area contributed by atoms with Gasteiger partial charge in [0.2, 0.25) is 5.91 Å². The first-order valence-electron chi connectivity index (χ1n) is 8.02. The van der Waals surface area contributed by atoms with Gasteiger partial charge in [0.1, 0.15) is 12.2 Å². The number of piperidine rings is 1. The molecule has 1 aromatic rings. The van der Waals surface area contributed by atoms with E-state index in [0.29, 0.717) is 13.1 Å². The molecular weight excluding hydrogens is 325 g/mol. The van der Waals surface area contributed by atoms with Gasteiger partial charge < -0.3 is 10.2 Å². The highest BCUT2D eigenvalue weighted by Crippen LogP contribution is 2.34. The number of hydrogen-bond donors (Lipinski definition) is 2. The fourth-order valence-corrected chi connectivity index (χ4v) is 2.93. The smallest absolute Gasteiger partial charge is 0.342 e. The van der Waals surface area contributed by atoms with Crippen LogP contribution in [0.4, 0.5) is 13.2 Å². The lowest BCUT2D eigenvalue weighted by Gasteiger charge is -2.31. The molecule has 24 heavy (non-hydrogen) atoms. The summed E-state index contributed by atoms with van der Waals surface area (Å²) in [4.78, 5) is 25.6. The van der Waals surface area contributed by atoms with E-state index < -0.39 is 18.6 Å². The number of amides is 2. The summed E-state index contributed by atoms with van der Waals surface area (Å²) in [7, 11) is 0. The first-order valence-corrected chi connectivity index (χ1v) is 8.02. The number of halogens is 3. The monoisotopic (exact) mass is 344 g/mol. The standard InChI is InChI=1S/C15H19F3N4O2/c16-15(17,18)8-19-13(23)12-7-11(20-21-12)9-3-5-22(6-4-9)14(24)10-1-2-10/h7,9-10H,1-6,8H2,(H,19,23)(H,20,21). The number of nitrogens with zero attached hydrogens (tertiary/aromatic N) is 2. The van der Waals surface area contributed by atoms with Gasteiger partial charge in [0, 0.05) is 30.6 Å². The lowest BCUT2D eigenvalue weighted by atomic mass is 9.93. The van der Waals surface area contributed by atoms with Crippen LogP contribution in [-0.2, 0) is 4.79 Å². The van der Waals surface area contributed by atoms with Gasteiger partial charge in [0.25, 0.3) is 5.91 Å². The summed E-state index contributed by atoms with van der Waals surface area (Å²) in [5, 5.41) is 8.33. The zero-order valence-electron chi connectivity index (χ0n) is 13.0. The third kappa shape index (κ3) is 4.07. The summed E-state index contributed by atoms with van der Waals surface area (Å²) in [5.41, 5.74) is 0.677. The average molecular weight is 344 g/mol. The Balaban J connectivity index is 1.52. The Morgan fingerprint density at radius 2 is 1.92 bits per heavy atom. The van der Waals surface area contributed by atoms with Gasteiger partial charge >= 0.3 is 6.18 Å². The number of aromatic nitrogens is 2. The molecule has 2 aliphatic rings. The van der Waals surface area contributed by atoms with Gasteiger partial charge in [-0.15, -0.1) is 0 Å². The predicted octanol–water partition coefficient (Wildman–Crippen LogP) is 1.82. The molecule has 2 amide bonds. The third-order valence-corrected chi connectivity index (χ3v) is 4.45. The molecule has 2 fully saturated rings. The predicted molar refractivity (Wildman–Crippen MR) is 78.3 cm³/mol. The van der Waals surface area contributed by atoms with Crippen LogP contribution in [0.3, 0.4) is 0 Å². The second-order valence-electron chi connectivity index (χ2n) is 6.38. The first kappa shape index (κ1) is 16.8. The summed E-state index contributed by atoms with van der Waals surface area (Å²) in [6.07, 6.45) is -0.977. The van der Waals surface area contributed by atoms with Crippen molar-refractivity contribution >= 4 is 11.8 Å². The largest absolute Gasteiger partial charge is 0.405 e. The van der Waals surface area contributed by atoms with E-state index in [4.69, 9.17) is 0 Å². The number of carbonyl (C=O) groups is 2. The molecule has 0 spiro atoms. The molecule has 2 heterocycles. The van der Waals surface area contributed by atoms with Crippen LogP contribution in [0.1, 0.15) is 47.8 Å². The van der Waals surface area contributed by atoms with Crippen molar-refractivity contribution in [3.63, 3.8) is 0 Å². The van der Waals surface area contributed by atoms with Crippen molar-refractivity contribution in [3.05, 3.63) is 17.5 Å². The van der Waals surface area contributed by atoms with Crippen LogP contribution in [0.15, 0.2) is 6.07 Å². The summed E-state index contributed by atoms with van der Waals surface area (Å²) < 4.78 is 36.3. The Bertz CT molecular complexity index is 616. The van der Waals surface area contributed by atoms with Gasteiger partial charge in [-0.1, -0.05) is 0 Å². The molecule has 0 atom stereocenters. The normalized spacial score (nSPS) is 19.4. The van der Waals surface area contributed by atoms with E-state index in [9.17, 15) is 22.8 Å². The molecular formula is C15H19F3N4O2. The number of likely N-dealkylation sites (tertiary alicyclic amines) is 1. The molecule has 1 aliphatic heterocycles. The molecule has 2 N–H and O–H groups in total. The third-order valence-electron chi connectivity index (χ3n) is 4.45. The van der Waals surface area contributed by atoms with Gasteiger partial charge in [-0.2, -0.15) is 18.3 Å². The molecule has 0 bridgehead atoms. The minimum absolute atomic E-state index is 0.0502. The SMILES string of the molecule is O=C(NCC(F)(F)F)c1cc(C2CCN(C(=O)C3CC3)CC2)[nH]n1. The van der Waals surface area contributed by atoms with Crippen LogP contribution >= 0.6 is 0 Å². The van der Waals surface area contributed by atoms with Crippen LogP contribution < -0.4 is 5.32 Å². The highest BCUT2D eigenvalue weighted by molar-refractivity contribution is 5.92. The highest BCUT2D eigenvalue weighted by Gasteiger charge is 2.35. The number of aromatic amines is 1. The van der Waals surface area contributed by atoms with E-state index in [1.54, 1.807) is 5.32 Å². The Labute approximate surface area is 136 Å². The maximum Gasteiger partial charge on any atom is 0.405 e. The van der Waals surface area contributed by atoms with Crippen LogP contribution in [0, 0.1) is 5.92 Å². The fraction of sp³-hybridized carbons (Fsp3) is 0.667. The molecule has 0 radical (unpaired) electrons. The molecule has 1 aliphatic carbocycles. The summed E-state index contributed by atoms with van der Waals surface area (Å²) in [6, 6.07) is 1.49. The maximum atomic E-state index is 12.1. The van der Waals surface area contributed by atoms with E-state index in [1.165, 1.54) is 6.07 Å². The van der Waals surface area contributed by atoms with Crippen molar-refractivity contribution in [3.8, 4) is 0 Å².